The van der Waals surface area contributed by atoms with Gasteiger partial charge in [0.2, 0.25) is 0 Å². The Labute approximate surface area is 164 Å². The lowest BCUT2D eigenvalue weighted by Crippen LogP contribution is -2.10. The number of nitrogens with zero attached hydrogens (tertiary/aromatic N) is 2. The summed E-state index contributed by atoms with van der Waals surface area (Å²) < 4.78 is 23.4. The average Bonchev–Trinajstić information content (AvgIpc) is 2.97. The van der Waals surface area contributed by atoms with Gasteiger partial charge in [-0.05, 0) is 37.1 Å². The van der Waals surface area contributed by atoms with Crippen LogP contribution >= 0.6 is 11.3 Å². The summed E-state index contributed by atoms with van der Waals surface area (Å²) in [6.07, 6.45) is -0.0688. The number of nitrogen functional groups attached to an aromatic ring is 1. The fraction of sp³-hybridized carbons (Fsp3) is 0.263. The number of fused-ring (bicyclic) bond motifs is 1. The van der Waals surface area contributed by atoms with Gasteiger partial charge in [-0.1, -0.05) is 12.1 Å². The predicted molar refractivity (Wildman–Crippen MR) is 102 cm³/mol. The molecule has 0 aliphatic carbocycles. The number of esters is 2. The van der Waals surface area contributed by atoms with Crippen molar-refractivity contribution >= 4 is 39.3 Å². The Kier molecular flexibility index (Phi) is 5.84. The molecule has 0 radical (unpaired) electrons. The molecule has 3 rings (SSSR count). The van der Waals surface area contributed by atoms with E-state index in [-0.39, 0.29) is 31.3 Å². The summed E-state index contributed by atoms with van der Waals surface area (Å²) in [5.41, 5.74) is 7.18. The SMILES string of the molecule is CCOC(=O)c1sc2nc(COC(=O)Cc3cccc(F)c3)nc(N)c2c1C. The van der Waals surface area contributed by atoms with Crippen molar-refractivity contribution in [1.82, 2.24) is 9.97 Å². The van der Waals surface area contributed by atoms with Gasteiger partial charge >= 0.3 is 11.9 Å². The van der Waals surface area contributed by atoms with Crippen LogP contribution in [0.4, 0.5) is 10.2 Å². The molecule has 0 spiro atoms. The lowest BCUT2D eigenvalue weighted by atomic mass is 10.1. The molecule has 0 aliphatic rings. The van der Waals surface area contributed by atoms with Gasteiger partial charge in [0.15, 0.2) is 12.4 Å². The molecule has 0 amide bonds. The molecule has 0 bridgehead atoms. The third kappa shape index (κ3) is 4.25. The van der Waals surface area contributed by atoms with Gasteiger partial charge < -0.3 is 15.2 Å². The van der Waals surface area contributed by atoms with E-state index in [0.29, 0.717) is 26.2 Å². The van der Waals surface area contributed by atoms with Crippen molar-refractivity contribution in [3.63, 3.8) is 0 Å². The molecule has 0 saturated carbocycles. The number of aromatic nitrogens is 2. The molecule has 2 N–H and O–H groups in total. The zero-order chi connectivity index (χ0) is 20.3. The second-order valence-electron chi connectivity index (χ2n) is 5.95. The van der Waals surface area contributed by atoms with Crippen LogP contribution in [0.15, 0.2) is 24.3 Å². The minimum absolute atomic E-state index is 0.0688. The third-order valence-corrected chi connectivity index (χ3v) is 5.09. The van der Waals surface area contributed by atoms with E-state index in [1.54, 1.807) is 19.9 Å². The van der Waals surface area contributed by atoms with Crippen LogP contribution in [0.5, 0.6) is 0 Å². The zero-order valence-corrected chi connectivity index (χ0v) is 16.1. The molecular weight excluding hydrogens is 385 g/mol. The summed E-state index contributed by atoms with van der Waals surface area (Å²) in [4.78, 5) is 33.4. The van der Waals surface area contributed by atoms with E-state index >= 15 is 0 Å². The fourth-order valence-electron chi connectivity index (χ4n) is 2.68. The first-order valence-corrected chi connectivity index (χ1v) is 9.33. The van der Waals surface area contributed by atoms with Crippen LogP contribution in [0.2, 0.25) is 0 Å². The molecule has 146 valence electrons. The predicted octanol–water partition coefficient (Wildman–Crippen LogP) is 3.18. The molecule has 9 heteroatoms. The van der Waals surface area contributed by atoms with Crippen molar-refractivity contribution < 1.29 is 23.5 Å². The van der Waals surface area contributed by atoms with Crippen molar-refractivity contribution in [2.24, 2.45) is 0 Å². The number of anilines is 1. The Bertz CT molecular complexity index is 1050. The van der Waals surface area contributed by atoms with E-state index in [1.807, 2.05) is 0 Å². The van der Waals surface area contributed by atoms with E-state index in [9.17, 15) is 14.0 Å². The van der Waals surface area contributed by atoms with Crippen LogP contribution in [-0.2, 0) is 27.3 Å². The number of hydrogen-bond acceptors (Lipinski definition) is 8. The van der Waals surface area contributed by atoms with Gasteiger partial charge in [0.25, 0.3) is 0 Å². The van der Waals surface area contributed by atoms with Gasteiger partial charge in [0.1, 0.15) is 21.3 Å². The van der Waals surface area contributed by atoms with Crippen LogP contribution < -0.4 is 5.73 Å². The highest BCUT2D eigenvalue weighted by Gasteiger charge is 2.20. The molecular formula is C19H18FN3O4S. The van der Waals surface area contributed by atoms with E-state index in [1.165, 1.54) is 18.2 Å². The summed E-state index contributed by atoms with van der Waals surface area (Å²) >= 11 is 1.15. The minimum Gasteiger partial charge on any atom is -0.462 e. The molecule has 2 aromatic heterocycles. The Morgan fingerprint density at radius 3 is 2.75 bits per heavy atom. The molecule has 0 aliphatic heterocycles. The van der Waals surface area contributed by atoms with Crippen molar-refractivity contribution in [2.45, 2.75) is 26.9 Å². The van der Waals surface area contributed by atoms with Crippen molar-refractivity contribution in [3.05, 3.63) is 51.9 Å². The van der Waals surface area contributed by atoms with E-state index in [0.717, 1.165) is 11.3 Å². The third-order valence-electron chi connectivity index (χ3n) is 3.93. The highest BCUT2D eigenvalue weighted by molar-refractivity contribution is 7.20. The second-order valence-corrected chi connectivity index (χ2v) is 6.95. The standard InChI is InChI=1S/C19H18FN3O4S/c1-3-26-19(25)16-10(2)15-17(21)22-13(23-18(15)28-16)9-27-14(24)8-11-5-4-6-12(20)7-11/h4-7H,3,8-9H2,1-2H3,(H2,21,22,23). The molecule has 2 heterocycles. The number of hydrogen-bond donors (Lipinski definition) is 1. The minimum atomic E-state index is -0.539. The van der Waals surface area contributed by atoms with Crippen LogP contribution in [0.1, 0.15) is 33.5 Å². The molecule has 7 nitrogen and oxygen atoms in total. The number of carbonyl (C=O) groups excluding carboxylic acids is 2. The first-order chi connectivity index (χ1) is 13.4. The summed E-state index contributed by atoms with van der Waals surface area (Å²) in [6.45, 7) is 3.56. The van der Waals surface area contributed by atoms with E-state index in [2.05, 4.69) is 9.97 Å². The summed E-state index contributed by atoms with van der Waals surface area (Å²) in [5.74, 6) is -0.982. The maximum Gasteiger partial charge on any atom is 0.348 e. The lowest BCUT2D eigenvalue weighted by molar-refractivity contribution is -0.144. The number of thiophene rings is 1. The van der Waals surface area contributed by atoms with Gasteiger partial charge in [-0.25, -0.2) is 19.2 Å². The molecule has 0 fully saturated rings. The smallest absolute Gasteiger partial charge is 0.348 e. The van der Waals surface area contributed by atoms with Crippen molar-refractivity contribution in [2.75, 3.05) is 12.3 Å². The van der Waals surface area contributed by atoms with Crippen LogP contribution in [0, 0.1) is 12.7 Å². The number of halogens is 1. The van der Waals surface area contributed by atoms with E-state index < -0.39 is 17.8 Å². The highest BCUT2D eigenvalue weighted by atomic mass is 32.1. The normalized spacial score (nSPS) is 10.8. The quantitative estimate of drug-likeness (QED) is 0.630. The Morgan fingerprint density at radius 1 is 1.25 bits per heavy atom. The highest BCUT2D eigenvalue weighted by Crippen LogP contribution is 2.33. The second kappa shape index (κ2) is 8.30. The number of carbonyl (C=O) groups is 2. The zero-order valence-electron chi connectivity index (χ0n) is 15.3. The largest absolute Gasteiger partial charge is 0.462 e. The molecule has 0 unspecified atom stereocenters. The Hall–Kier alpha value is -3.07. The average molecular weight is 403 g/mol. The molecule has 0 atom stereocenters. The van der Waals surface area contributed by atoms with Crippen LogP contribution in [0.3, 0.4) is 0 Å². The number of nitrogens with two attached hydrogens (primary N) is 1. The first kappa shape index (κ1) is 19.7. The molecule has 3 aromatic rings. The van der Waals surface area contributed by atoms with Crippen molar-refractivity contribution in [1.29, 1.82) is 0 Å². The first-order valence-electron chi connectivity index (χ1n) is 8.51. The maximum atomic E-state index is 13.2. The summed E-state index contributed by atoms with van der Waals surface area (Å²) in [7, 11) is 0. The number of aryl methyl sites for hydroxylation is 1. The molecule has 1 aromatic carbocycles. The van der Waals surface area contributed by atoms with E-state index in [4.69, 9.17) is 15.2 Å². The summed E-state index contributed by atoms with van der Waals surface area (Å²) in [6, 6.07) is 5.73. The number of rotatable bonds is 6. The van der Waals surface area contributed by atoms with Gasteiger partial charge in [-0.2, -0.15) is 0 Å². The lowest BCUT2D eigenvalue weighted by Gasteiger charge is -2.06. The van der Waals surface area contributed by atoms with Gasteiger partial charge in [0, 0.05) is 0 Å². The monoisotopic (exact) mass is 403 g/mol. The number of ether oxygens (including phenoxy) is 2. The number of benzene rings is 1. The van der Waals surface area contributed by atoms with Gasteiger partial charge in [-0.15, -0.1) is 11.3 Å². The summed E-state index contributed by atoms with van der Waals surface area (Å²) in [5, 5.41) is 0.586. The van der Waals surface area contributed by atoms with Crippen LogP contribution in [-0.4, -0.2) is 28.5 Å². The van der Waals surface area contributed by atoms with Crippen LogP contribution in [0.25, 0.3) is 10.2 Å². The topological polar surface area (TPSA) is 104 Å². The van der Waals surface area contributed by atoms with Gasteiger partial charge in [-0.3, -0.25) is 4.79 Å². The molecule has 28 heavy (non-hydrogen) atoms. The van der Waals surface area contributed by atoms with Gasteiger partial charge in [0.05, 0.1) is 18.4 Å². The maximum absolute atomic E-state index is 13.2. The Morgan fingerprint density at radius 2 is 2.04 bits per heavy atom. The van der Waals surface area contributed by atoms with Crippen molar-refractivity contribution in [3.8, 4) is 0 Å². The Balaban J connectivity index is 1.75. The fourth-order valence-corrected chi connectivity index (χ4v) is 3.78. The molecule has 0 saturated heterocycles.